The Morgan fingerprint density at radius 2 is 1.83 bits per heavy atom. The molecule has 5 nitrogen and oxygen atoms in total. The Kier molecular flexibility index (Phi) is 7.49. The monoisotopic (exact) mass is 427 g/mol. The van der Waals surface area contributed by atoms with Gasteiger partial charge >= 0.3 is 0 Å². The Labute approximate surface area is 178 Å². The maximum absolute atomic E-state index is 12.4. The minimum absolute atomic E-state index is 0.0123. The van der Waals surface area contributed by atoms with Crippen LogP contribution < -0.4 is 10.9 Å². The quantitative estimate of drug-likeness (QED) is 0.422. The fraction of sp³-hybridized carbons (Fsp3) is 0.227. The van der Waals surface area contributed by atoms with Gasteiger partial charge in [-0.2, -0.15) is 0 Å². The van der Waals surface area contributed by atoms with Crippen LogP contribution in [-0.4, -0.2) is 22.4 Å². The van der Waals surface area contributed by atoms with E-state index in [1.807, 2.05) is 54.6 Å². The molecule has 0 aliphatic heterocycles. The van der Waals surface area contributed by atoms with E-state index in [4.69, 9.17) is 11.6 Å². The van der Waals surface area contributed by atoms with Crippen molar-refractivity contribution < 1.29 is 4.79 Å². The van der Waals surface area contributed by atoms with Gasteiger partial charge in [0.1, 0.15) is 0 Å². The van der Waals surface area contributed by atoms with Gasteiger partial charge in [0.25, 0.3) is 5.56 Å². The highest BCUT2D eigenvalue weighted by atomic mass is 35.5. The summed E-state index contributed by atoms with van der Waals surface area (Å²) in [5.41, 5.74) is 2.96. The number of hydrogen-bond acceptors (Lipinski definition) is 4. The van der Waals surface area contributed by atoms with Crippen LogP contribution in [0.4, 0.5) is 0 Å². The Morgan fingerprint density at radius 3 is 2.52 bits per heavy atom. The van der Waals surface area contributed by atoms with Gasteiger partial charge in [-0.05, 0) is 36.6 Å². The fourth-order valence-corrected chi connectivity index (χ4v) is 3.80. The van der Waals surface area contributed by atoms with E-state index in [2.05, 4.69) is 15.3 Å². The topological polar surface area (TPSA) is 74.8 Å². The van der Waals surface area contributed by atoms with Gasteiger partial charge in [0.2, 0.25) is 5.91 Å². The summed E-state index contributed by atoms with van der Waals surface area (Å²) in [6.07, 6.45) is 0.712. The standard InChI is InChI=1S/C22H22ClN3O2S/c1-15-19(13-20(27)24-12-11-16-7-9-18(23)10-8-16)21(28)26-22(25-15)29-14-17-5-3-2-4-6-17/h2-10H,11-14H2,1H3,(H,24,27)(H,25,26,28). The van der Waals surface area contributed by atoms with Crippen molar-refractivity contribution in [2.45, 2.75) is 30.7 Å². The molecule has 3 aromatic rings. The van der Waals surface area contributed by atoms with E-state index in [0.717, 1.165) is 11.1 Å². The summed E-state index contributed by atoms with van der Waals surface area (Å²) in [6.45, 7) is 2.26. The number of halogens is 1. The van der Waals surface area contributed by atoms with Gasteiger partial charge in [0.15, 0.2) is 5.16 Å². The highest BCUT2D eigenvalue weighted by Crippen LogP contribution is 2.18. The summed E-state index contributed by atoms with van der Waals surface area (Å²) in [6, 6.07) is 17.5. The number of benzene rings is 2. The van der Waals surface area contributed by atoms with Gasteiger partial charge in [-0.1, -0.05) is 65.8 Å². The number of nitrogens with zero attached hydrogens (tertiary/aromatic N) is 1. The molecule has 29 heavy (non-hydrogen) atoms. The average molecular weight is 428 g/mol. The Balaban J connectivity index is 1.53. The molecule has 0 aliphatic rings. The molecule has 0 aliphatic carbocycles. The zero-order valence-corrected chi connectivity index (χ0v) is 17.6. The van der Waals surface area contributed by atoms with E-state index in [0.29, 0.717) is 40.2 Å². The molecular formula is C22H22ClN3O2S. The molecule has 2 N–H and O–H groups in total. The number of amides is 1. The van der Waals surface area contributed by atoms with Crippen molar-refractivity contribution in [3.63, 3.8) is 0 Å². The van der Waals surface area contributed by atoms with Crippen molar-refractivity contribution in [3.8, 4) is 0 Å². The van der Waals surface area contributed by atoms with E-state index in [1.54, 1.807) is 6.92 Å². The second-order valence-corrected chi connectivity index (χ2v) is 8.01. The predicted molar refractivity (Wildman–Crippen MR) is 117 cm³/mol. The summed E-state index contributed by atoms with van der Waals surface area (Å²) in [7, 11) is 0. The van der Waals surface area contributed by atoms with Crippen LogP contribution in [0.25, 0.3) is 0 Å². The van der Waals surface area contributed by atoms with Crippen LogP contribution in [0.1, 0.15) is 22.4 Å². The number of carbonyl (C=O) groups excluding carboxylic acids is 1. The summed E-state index contributed by atoms with van der Waals surface area (Å²) in [5.74, 6) is 0.521. The summed E-state index contributed by atoms with van der Waals surface area (Å²) in [5, 5.41) is 4.10. The van der Waals surface area contributed by atoms with Crippen LogP contribution in [0, 0.1) is 6.92 Å². The SMILES string of the molecule is Cc1nc(SCc2ccccc2)[nH]c(=O)c1CC(=O)NCCc1ccc(Cl)cc1. The summed E-state index contributed by atoms with van der Waals surface area (Å²) in [4.78, 5) is 31.9. The summed E-state index contributed by atoms with van der Waals surface area (Å²) < 4.78 is 0. The lowest BCUT2D eigenvalue weighted by Gasteiger charge is -2.08. The number of aryl methyl sites for hydroxylation is 1. The van der Waals surface area contributed by atoms with E-state index in [1.165, 1.54) is 11.8 Å². The Bertz CT molecular complexity index is 1020. The van der Waals surface area contributed by atoms with E-state index in [-0.39, 0.29) is 17.9 Å². The molecule has 150 valence electrons. The summed E-state index contributed by atoms with van der Waals surface area (Å²) >= 11 is 7.33. The number of thioether (sulfide) groups is 1. The Hall–Kier alpha value is -2.57. The van der Waals surface area contributed by atoms with Gasteiger partial charge in [-0.25, -0.2) is 4.98 Å². The average Bonchev–Trinajstić information content (AvgIpc) is 2.71. The predicted octanol–water partition coefficient (Wildman–Crippen LogP) is 3.93. The number of aromatic amines is 1. The molecular weight excluding hydrogens is 406 g/mol. The third-order valence-corrected chi connectivity index (χ3v) is 5.60. The van der Waals surface area contributed by atoms with Gasteiger partial charge in [0.05, 0.1) is 6.42 Å². The van der Waals surface area contributed by atoms with Crippen molar-refractivity contribution in [1.82, 2.24) is 15.3 Å². The molecule has 7 heteroatoms. The number of carbonyl (C=O) groups is 1. The second-order valence-electron chi connectivity index (χ2n) is 6.61. The molecule has 3 rings (SSSR count). The molecule has 0 radical (unpaired) electrons. The Morgan fingerprint density at radius 1 is 1.10 bits per heavy atom. The first-order valence-electron chi connectivity index (χ1n) is 9.29. The van der Waals surface area contributed by atoms with Gasteiger partial charge in [-0.15, -0.1) is 0 Å². The highest BCUT2D eigenvalue weighted by Gasteiger charge is 2.13. The maximum atomic E-state index is 12.4. The van der Waals surface area contributed by atoms with Crippen LogP contribution >= 0.6 is 23.4 Å². The molecule has 0 unspecified atom stereocenters. The third-order valence-electron chi connectivity index (χ3n) is 4.41. The van der Waals surface area contributed by atoms with Crippen LogP contribution in [0.15, 0.2) is 64.5 Å². The first kappa shape index (κ1) is 21.1. The van der Waals surface area contributed by atoms with Crippen LogP contribution in [0.3, 0.4) is 0 Å². The van der Waals surface area contributed by atoms with E-state index >= 15 is 0 Å². The van der Waals surface area contributed by atoms with Crippen molar-refractivity contribution >= 4 is 29.3 Å². The normalized spacial score (nSPS) is 10.7. The van der Waals surface area contributed by atoms with Crippen LogP contribution in [-0.2, 0) is 23.4 Å². The van der Waals surface area contributed by atoms with Gasteiger partial charge < -0.3 is 10.3 Å². The molecule has 0 atom stereocenters. The first-order valence-corrected chi connectivity index (χ1v) is 10.7. The molecule has 1 aromatic heterocycles. The number of H-pyrrole nitrogens is 1. The van der Waals surface area contributed by atoms with Crippen molar-refractivity contribution in [3.05, 3.63) is 92.4 Å². The van der Waals surface area contributed by atoms with Crippen molar-refractivity contribution in [2.24, 2.45) is 0 Å². The smallest absolute Gasteiger partial charge is 0.255 e. The molecule has 0 fully saturated rings. The minimum atomic E-state index is -0.263. The molecule has 0 spiro atoms. The third kappa shape index (κ3) is 6.48. The zero-order chi connectivity index (χ0) is 20.6. The highest BCUT2D eigenvalue weighted by molar-refractivity contribution is 7.98. The number of hydrogen-bond donors (Lipinski definition) is 2. The minimum Gasteiger partial charge on any atom is -0.355 e. The second kappa shape index (κ2) is 10.3. The lowest BCUT2D eigenvalue weighted by Crippen LogP contribution is -2.30. The molecule has 1 amide bonds. The molecule has 0 saturated heterocycles. The molecule has 0 bridgehead atoms. The molecule has 2 aromatic carbocycles. The van der Waals surface area contributed by atoms with Crippen molar-refractivity contribution in [2.75, 3.05) is 6.54 Å². The molecule has 1 heterocycles. The van der Waals surface area contributed by atoms with Gasteiger partial charge in [0, 0.05) is 28.6 Å². The largest absolute Gasteiger partial charge is 0.355 e. The fourth-order valence-electron chi connectivity index (χ4n) is 2.81. The first-order chi connectivity index (χ1) is 14.0. The molecule has 0 saturated carbocycles. The number of rotatable bonds is 8. The van der Waals surface area contributed by atoms with Crippen LogP contribution in [0.2, 0.25) is 5.02 Å². The van der Waals surface area contributed by atoms with E-state index in [9.17, 15) is 9.59 Å². The lowest BCUT2D eigenvalue weighted by atomic mass is 10.1. The number of aromatic nitrogens is 2. The van der Waals surface area contributed by atoms with E-state index < -0.39 is 0 Å². The lowest BCUT2D eigenvalue weighted by molar-refractivity contribution is -0.120. The van der Waals surface area contributed by atoms with Crippen LogP contribution in [0.5, 0.6) is 0 Å². The maximum Gasteiger partial charge on any atom is 0.255 e. The zero-order valence-electron chi connectivity index (χ0n) is 16.1. The van der Waals surface area contributed by atoms with Crippen molar-refractivity contribution in [1.29, 1.82) is 0 Å². The van der Waals surface area contributed by atoms with Gasteiger partial charge in [-0.3, -0.25) is 9.59 Å². The number of nitrogens with one attached hydrogen (secondary N) is 2.